The number of hydrogen-bond donors (Lipinski definition) is 0. The van der Waals surface area contributed by atoms with E-state index in [4.69, 9.17) is 0 Å². The number of benzene rings is 1. The Hall–Kier alpha value is -2.23. The van der Waals surface area contributed by atoms with Crippen LogP contribution in [0.2, 0.25) is 0 Å². The zero-order valence-electron chi connectivity index (χ0n) is 10.5. The molecule has 0 radical (unpaired) electrons. The van der Waals surface area contributed by atoms with Crippen molar-refractivity contribution in [1.29, 1.82) is 0 Å². The van der Waals surface area contributed by atoms with E-state index in [0.717, 1.165) is 11.3 Å². The van der Waals surface area contributed by atoms with E-state index in [9.17, 15) is 4.79 Å². The topological polar surface area (TPSA) is 47.2 Å². The highest BCUT2D eigenvalue weighted by Gasteiger charge is 2.36. The minimum Gasteiger partial charge on any atom is -0.318 e. The molecule has 92 valence electrons. The molecule has 2 rings (SSSR count). The summed E-state index contributed by atoms with van der Waals surface area (Å²) in [6.07, 6.45) is 3.47. The van der Waals surface area contributed by atoms with E-state index in [0.29, 0.717) is 0 Å². The van der Waals surface area contributed by atoms with Crippen molar-refractivity contribution in [2.45, 2.75) is 19.4 Å². The highest BCUT2D eigenvalue weighted by Crippen LogP contribution is 2.27. The molecule has 0 aliphatic heterocycles. The number of aryl methyl sites for hydroxylation is 1. The van der Waals surface area contributed by atoms with Crippen LogP contribution in [-0.2, 0) is 10.3 Å². The highest BCUT2D eigenvalue weighted by atomic mass is 16.2. The van der Waals surface area contributed by atoms with Crippen molar-refractivity contribution >= 4 is 12.6 Å². The van der Waals surface area contributed by atoms with Gasteiger partial charge in [0.15, 0.2) is 0 Å². The van der Waals surface area contributed by atoms with Gasteiger partial charge in [0, 0.05) is 6.20 Å². The van der Waals surface area contributed by atoms with Crippen molar-refractivity contribution in [2.24, 2.45) is 4.99 Å². The second kappa shape index (κ2) is 4.56. The Bertz CT molecular complexity index is 574. The molecule has 0 aliphatic rings. The maximum Gasteiger partial charge on any atom is 0.275 e. The fraction of sp³-hybridized carbons (Fsp3) is 0.214. The lowest BCUT2D eigenvalue weighted by Crippen LogP contribution is -2.38. The number of carbonyl (C=O) groups excluding carboxylic acids is 1. The Balaban J connectivity index is 2.61. The van der Waals surface area contributed by atoms with E-state index < -0.39 is 5.54 Å². The van der Waals surface area contributed by atoms with Gasteiger partial charge in [-0.15, -0.1) is 0 Å². The van der Waals surface area contributed by atoms with Gasteiger partial charge in [0.1, 0.15) is 5.54 Å². The van der Waals surface area contributed by atoms with Crippen LogP contribution in [0.4, 0.5) is 0 Å². The van der Waals surface area contributed by atoms with Crippen molar-refractivity contribution in [3.63, 3.8) is 0 Å². The molecule has 18 heavy (non-hydrogen) atoms. The summed E-state index contributed by atoms with van der Waals surface area (Å²) in [6, 6.07) is 9.51. The summed E-state index contributed by atoms with van der Waals surface area (Å²) in [4.78, 5) is 19.9. The van der Waals surface area contributed by atoms with Crippen LogP contribution in [0.15, 0.2) is 47.8 Å². The predicted molar refractivity (Wildman–Crippen MR) is 70.7 cm³/mol. The third-order valence-electron chi connectivity index (χ3n) is 3.12. The molecule has 2 aromatic rings. The quantitative estimate of drug-likeness (QED) is 0.773. The molecule has 4 heteroatoms. The Morgan fingerprint density at radius 1 is 1.39 bits per heavy atom. The van der Waals surface area contributed by atoms with Crippen LogP contribution in [0.1, 0.15) is 18.2 Å². The number of aromatic nitrogens is 2. The van der Waals surface area contributed by atoms with E-state index in [1.54, 1.807) is 10.9 Å². The number of amides is 1. The van der Waals surface area contributed by atoms with Crippen LogP contribution in [0, 0.1) is 6.92 Å². The zero-order valence-corrected chi connectivity index (χ0v) is 10.5. The summed E-state index contributed by atoms with van der Waals surface area (Å²) in [5.41, 5.74) is 0.818. The molecule has 1 atom stereocenters. The molecule has 1 aromatic heterocycles. The van der Waals surface area contributed by atoms with Crippen LogP contribution < -0.4 is 0 Å². The lowest BCUT2D eigenvalue weighted by atomic mass is 9.91. The molecule has 0 bridgehead atoms. The Labute approximate surface area is 106 Å². The Morgan fingerprint density at radius 3 is 2.56 bits per heavy atom. The fourth-order valence-electron chi connectivity index (χ4n) is 1.97. The van der Waals surface area contributed by atoms with Gasteiger partial charge >= 0.3 is 0 Å². The Kier molecular flexibility index (Phi) is 3.10. The highest BCUT2D eigenvalue weighted by molar-refractivity contribution is 5.90. The van der Waals surface area contributed by atoms with Crippen LogP contribution in [-0.4, -0.2) is 22.2 Å². The van der Waals surface area contributed by atoms with Gasteiger partial charge in [-0.05, 0) is 26.1 Å². The smallest absolute Gasteiger partial charge is 0.275 e. The molecule has 0 saturated carbocycles. The zero-order chi connectivity index (χ0) is 13.2. The van der Waals surface area contributed by atoms with Crippen LogP contribution in [0.25, 0.3) is 0 Å². The average molecular weight is 241 g/mol. The van der Waals surface area contributed by atoms with Gasteiger partial charge in [-0.2, -0.15) is 0 Å². The largest absolute Gasteiger partial charge is 0.318 e. The molecule has 0 saturated heterocycles. The maximum atomic E-state index is 12.2. The van der Waals surface area contributed by atoms with E-state index in [1.807, 2.05) is 50.4 Å². The molecule has 4 nitrogen and oxygen atoms in total. The van der Waals surface area contributed by atoms with Crippen LogP contribution in [0.3, 0.4) is 0 Å². The number of hydrogen-bond acceptors (Lipinski definition) is 2. The van der Waals surface area contributed by atoms with Gasteiger partial charge in [0.2, 0.25) is 0 Å². The van der Waals surface area contributed by atoms with Gasteiger partial charge in [-0.3, -0.25) is 4.79 Å². The molecule has 0 fully saturated rings. The second-order valence-electron chi connectivity index (χ2n) is 4.32. The van der Waals surface area contributed by atoms with Crippen molar-refractivity contribution < 1.29 is 4.79 Å². The first-order valence-electron chi connectivity index (χ1n) is 5.67. The summed E-state index contributed by atoms with van der Waals surface area (Å²) < 4.78 is 1.77. The number of aliphatic imine (C=N–C) groups is 1. The molecule has 0 N–H and O–H groups in total. The minimum absolute atomic E-state index is 0.300. The number of carbonyl (C=O) groups is 1. The minimum atomic E-state index is -0.899. The maximum absolute atomic E-state index is 12.2. The number of rotatable bonds is 3. The molecular formula is C14H15N3O. The predicted octanol–water partition coefficient (Wildman–Crippen LogP) is 2.18. The summed E-state index contributed by atoms with van der Waals surface area (Å²) >= 11 is 0. The normalized spacial score (nSPS) is 13.9. The summed E-state index contributed by atoms with van der Waals surface area (Å²) in [5.74, 6) is -0.300. The van der Waals surface area contributed by atoms with Crippen LogP contribution in [0.5, 0.6) is 0 Å². The van der Waals surface area contributed by atoms with Crippen molar-refractivity contribution in [3.05, 3.63) is 54.1 Å². The molecule has 0 unspecified atom stereocenters. The van der Waals surface area contributed by atoms with Gasteiger partial charge in [0.05, 0.1) is 12.0 Å². The fourth-order valence-corrected chi connectivity index (χ4v) is 1.97. The Morgan fingerprint density at radius 2 is 2.06 bits per heavy atom. The van der Waals surface area contributed by atoms with Crippen LogP contribution >= 0.6 is 0 Å². The van der Waals surface area contributed by atoms with Gasteiger partial charge in [0.25, 0.3) is 5.91 Å². The third-order valence-corrected chi connectivity index (χ3v) is 3.12. The van der Waals surface area contributed by atoms with Crippen molar-refractivity contribution in [2.75, 3.05) is 0 Å². The van der Waals surface area contributed by atoms with Gasteiger partial charge in [-0.25, -0.2) is 9.98 Å². The molecule has 0 aliphatic carbocycles. The number of nitrogens with zero attached hydrogens (tertiary/aromatic N) is 3. The van der Waals surface area contributed by atoms with E-state index >= 15 is 0 Å². The summed E-state index contributed by atoms with van der Waals surface area (Å²) in [5, 5.41) is 0. The first-order chi connectivity index (χ1) is 8.59. The molecule has 1 heterocycles. The second-order valence-corrected chi connectivity index (χ2v) is 4.32. The SMILES string of the molecule is C=NC(=O)[C@@](C)(c1ccccc1)n1cnc(C)c1. The average Bonchev–Trinajstić information content (AvgIpc) is 2.85. The lowest BCUT2D eigenvalue weighted by molar-refractivity contribution is -0.123. The summed E-state index contributed by atoms with van der Waals surface area (Å²) in [6.45, 7) is 7.05. The lowest BCUT2D eigenvalue weighted by Gasteiger charge is -2.28. The first-order valence-corrected chi connectivity index (χ1v) is 5.67. The standard InChI is InChI=1S/C14H15N3O/c1-11-9-17(10-16-11)14(2,13(18)15-3)12-7-5-4-6-8-12/h4-10H,3H2,1-2H3/t14-/m1/s1. The third kappa shape index (κ3) is 1.86. The number of imidazole rings is 1. The van der Waals surface area contributed by atoms with Crippen molar-refractivity contribution in [1.82, 2.24) is 9.55 Å². The van der Waals surface area contributed by atoms with Gasteiger partial charge in [-0.1, -0.05) is 30.3 Å². The van der Waals surface area contributed by atoms with E-state index in [2.05, 4.69) is 16.7 Å². The van der Waals surface area contributed by atoms with E-state index in [1.165, 1.54) is 0 Å². The monoisotopic (exact) mass is 241 g/mol. The van der Waals surface area contributed by atoms with E-state index in [-0.39, 0.29) is 5.91 Å². The van der Waals surface area contributed by atoms with Crippen molar-refractivity contribution in [3.8, 4) is 0 Å². The molecule has 1 amide bonds. The first kappa shape index (κ1) is 12.2. The van der Waals surface area contributed by atoms with Gasteiger partial charge < -0.3 is 4.57 Å². The molecular weight excluding hydrogens is 226 g/mol. The molecule has 1 aromatic carbocycles. The molecule has 0 spiro atoms. The summed E-state index contributed by atoms with van der Waals surface area (Å²) in [7, 11) is 0.